The van der Waals surface area contributed by atoms with Crippen LogP contribution in [0.15, 0.2) is 70.2 Å². The molecule has 0 aromatic heterocycles. The minimum absolute atomic E-state index is 0.0271. The van der Waals surface area contributed by atoms with Crippen molar-refractivity contribution in [3.05, 3.63) is 87.5 Å². The first-order valence-corrected chi connectivity index (χ1v) is 15.2. The summed E-state index contributed by atoms with van der Waals surface area (Å²) in [6, 6.07) is 8.09. The molecule has 0 aliphatic heterocycles. The van der Waals surface area contributed by atoms with Gasteiger partial charge in [-0.1, -0.05) is 18.2 Å². The number of phenols is 1. The zero-order valence-electron chi connectivity index (χ0n) is 25.2. The molecule has 15 nitrogen and oxygen atoms in total. The highest BCUT2D eigenvalue weighted by Gasteiger charge is 2.28. The van der Waals surface area contributed by atoms with E-state index in [9.17, 15) is 62.5 Å². The number of hydrogen-bond donors (Lipinski definition) is 6. The monoisotopic (exact) mass is 672 g/mol. The maximum atomic E-state index is 13.1. The molecule has 0 saturated heterocycles. The molecule has 0 saturated carbocycles. The normalized spacial score (nSPS) is 14.5. The summed E-state index contributed by atoms with van der Waals surface area (Å²) >= 11 is 0. The predicted octanol–water partition coefficient (Wildman–Crippen LogP) is 1.65. The Balaban J connectivity index is 2.39. The summed E-state index contributed by atoms with van der Waals surface area (Å²) in [5, 5.41) is 48.0. The van der Waals surface area contributed by atoms with Gasteiger partial charge in [0.2, 0.25) is 0 Å². The van der Waals surface area contributed by atoms with Gasteiger partial charge >= 0.3 is 23.9 Å². The number of carbonyl (C=O) groups excluding carboxylic acids is 1. The average molecular weight is 673 g/mol. The van der Waals surface area contributed by atoms with E-state index in [0.29, 0.717) is 11.1 Å². The summed E-state index contributed by atoms with van der Waals surface area (Å²) in [5.41, 5.74) is 1.29. The van der Waals surface area contributed by atoms with Gasteiger partial charge in [0, 0.05) is 29.8 Å². The molecule has 0 fully saturated rings. The molecule has 0 amide bonds. The van der Waals surface area contributed by atoms with E-state index in [-0.39, 0.29) is 45.7 Å². The van der Waals surface area contributed by atoms with Crippen LogP contribution in [0.1, 0.15) is 29.2 Å². The zero-order valence-corrected chi connectivity index (χ0v) is 26.0. The van der Waals surface area contributed by atoms with E-state index in [1.165, 1.54) is 42.5 Å². The molecular formula is C31H32N2O13S. The van der Waals surface area contributed by atoms with Gasteiger partial charge in [0.25, 0.3) is 10.1 Å². The van der Waals surface area contributed by atoms with Gasteiger partial charge in [-0.3, -0.25) is 38.3 Å². The highest BCUT2D eigenvalue weighted by atomic mass is 32.2. The highest BCUT2D eigenvalue weighted by Crippen LogP contribution is 2.40. The van der Waals surface area contributed by atoms with Crippen molar-refractivity contribution in [3.8, 4) is 5.75 Å². The lowest BCUT2D eigenvalue weighted by atomic mass is 9.83. The predicted molar refractivity (Wildman–Crippen MR) is 164 cm³/mol. The van der Waals surface area contributed by atoms with Crippen molar-refractivity contribution in [2.75, 3.05) is 32.7 Å². The largest absolute Gasteiger partial charge is 0.508 e. The molecular weight excluding hydrogens is 640 g/mol. The molecule has 0 radical (unpaired) electrons. The van der Waals surface area contributed by atoms with Crippen LogP contribution >= 0.6 is 0 Å². The molecule has 16 heteroatoms. The fraction of sp³-hybridized carbons (Fsp3) is 0.258. The lowest BCUT2D eigenvalue weighted by molar-refractivity contribution is -0.143. The molecule has 2 aromatic rings. The van der Waals surface area contributed by atoms with Crippen molar-refractivity contribution in [1.82, 2.24) is 9.80 Å². The molecule has 1 aliphatic rings. The van der Waals surface area contributed by atoms with Gasteiger partial charge < -0.3 is 25.5 Å². The summed E-state index contributed by atoms with van der Waals surface area (Å²) in [6.07, 6.45) is 2.57. The van der Waals surface area contributed by atoms with Crippen molar-refractivity contribution >= 4 is 45.4 Å². The van der Waals surface area contributed by atoms with Gasteiger partial charge in [-0.05, 0) is 72.0 Å². The quantitative estimate of drug-likeness (QED) is 0.147. The minimum atomic E-state index is -4.86. The Morgan fingerprint density at radius 2 is 1.26 bits per heavy atom. The standard InChI is InChI=1S/C31H32N2O13S/c1-17-7-24(34)19(11-32(13-27(36)37)14-28(38)39)9-22(17)31(21-5-3-4-6-26(21)47(44,45)46)23-10-20(25(35)8-18(23)2)12-33(15-29(40)41)16-30(42)43/h3-10,34H,11-16H2,1-2H3,(H,36,37)(H,38,39)(H,40,41)(H,42,43)(H,44,45,46). The fourth-order valence-electron chi connectivity index (χ4n) is 5.17. The van der Waals surface area contributed by atoms with Crippen LogP contribution in [0.3, 0.4) is 0 Å². The molecule has 0 heterocycles. The van der Waals surface area contributed by atoms with Gasteiger partial charge in [0.1, 0.15) is 10.6 Å². The molecule has 250 valence electrons. The third kappa shape index (κ3) is 9.67. The van der Waals surface area contributed by atoms with Crippen LogP contribution in [0, 0.1) is 6.92 Å². The number of hydrogen-bond acceptors (Lipinski definition) is 10. The summed E-state index contributed by atoms with van der Waals surface area (Å²) in [4.78, 5) is 60.2. The van der Waals surface area contributed by atoms with Gasteiger partial charge in [-0.25, -0.2) is 0 Å². The molecule has 1 aliphatic carbocycles. The SMILES string of the molecule is CC1=CC(=O)C(CN(CC(=O)O)CC(=O)O)=CC1=C(c1cc(CN(CC(=O)O)CC(=O)O)c(O)cc1C)c1ccccc1S(=O)(=O)O. The number of carbonyl (C=O) groups is 5. The number of aryl methyl sites for hydroxylation is 1. The first-order chi connectivity index (χ1) is 21.9. The van der Waals surface area contributed by atoms with Crippen LogP contribution in [-0.4, -0.2) is 111 Å². The summed E-state index contributed by atoms with van der Waals surface area (Å²) in [7, 11) is -4.86. The number of rotatable bonds is 15. The van der Waals surface area contributed by atoms with Crippen LogP contribution in [0.2, 0.25) is 0 Å². The number of ketones is 1. The third-order valence-electron chi connectivity index (χ3n) is 7.03. The second-order valence-corrected chi connectivity index (χ2v) is 12.2. The van der Waals surface area contributed by atoms with Crippen LogP contribution in [0.25, 0.3) is 5.57 Å². The highest BCUT2D eigenvalue weighted by molar-refractivity contribution is 7.86. The Kier molecular flexibility index (Phi) is 11.6. The Labute approximate surface area is 268 Å². The minimum Gasteiger partial charge on any atom is -0.508 e. The Bertz CT molecular complexity index is 1810. The Morgan fingerprint density at radius 1 is 0.745 bits per heavy atom. The maximum absolute atomic E-state index is 13.1. The second-order valence-electron chi connectivity index (χ2n) is 10.8. The lowest BCUT2D eigenvalue weighted by Crippen LogP contribution is -2.37. The van der Waals surface area contributed by atoms with Crippen molar-refractivity contribution in [3.63, 3.8) is 0 Å². The van der Waals surface area contributed by atoms with Crippen LogP contribution < -0.4 is 0 Å². The van der Waals surface area contributed by atoms with Crippen molar-refractivity contribution in [1.29, 1.82) is 0 Å². The molecule has 47 heavy (non-hydrogen) atoms. The molecule has 0 spiro atoms. The molecule has 0 atom stereocenters. The first-order valence-electron chi connectivity index (χ1n) is 13.8. The van der Waals surface area contributed by atoms with Crippen LogP contribution in [0.5, 0.6) is 5.75 Å². The van der Waals surface area contributed by atoms with Crippen molar-refractivity contribution in [2.45, 2.75) is 25.3 Å². The zero-order chi connectivity index (χ0) is 35.2. The average Bonchev–Trinajstić information content (AvgIpc) is 2.91. The van der Waals surface area contributed by atoms with Gasteiger partial charge in [0.15, 0.2) is 5.78 Å². The number of phenolic OH excluding ortho intramolecular Hbond substituents is 1. The summed E-state index contributed by atoms with van der Waals surface area (Å²) in [6.45, 7) is -0.435. The van der Waals surface area contributed by atoms with E-state index in [4.69, 9.17) is 0 Å². The van der Waals surface area contributed by atoms with Crippen molar-refractivity contribution in [2.24, 2.45) is 0 Å². The maximum Gasteiger partial charge on any atom is 0.317 e. The third-order valence-corrected chi connectivity index (χ3v) is 7.94. The fourth-order valence-corrected chi connectivity index (χ4v) is 5.87. The van der Waals surface area contributed by atoms with E-state index in [1.807, 2.05) is 0 Å². The van der Waals surface area contributed by atoms with E-state index in [1.54, 1.807) is 13.8 Å². The van der Waals surface area contributed by atoms with E-state index in [0.717, 1.165) is 15.9 Å². The Morgan fingerprint density at radius 3 is 1.77 bits per heavy atom. The molecule has 3 rings (SSSR count). The summed E-state index contributed by atoms with van der Waals surface area (Å²) in [5.74, 6) is -6.21. The molecule has 2 aromatic carbocycles. The topological polar surface area (TPSA) is 247 Å². The number of carboxylic acids is 4. The van der Waals surface area contributed by atoms with Gasteiger partial charge in [0.05, 0.1) is 26.2 Å². The number of aromatic hydroxyl groups is 1. The second kappa shape index (κ2) is 15.0. The Hall–Kier alpha value is -5.16. The number of aliphatic carboxylic acids is 4. The number of benzene rings is 2. The summed E-state index contributed by atoms with van der Waals surface area (Å²) < 4.78 is 35.3. The van der Waals surface area contributed by atoms with Crippen LogP contribution in [0.4, 0.5) is 0 Å². The number of allylic oxidation sites excluding steroid dienone is 4. The first kappa shape index (κ1) is 36.3. The van der Waals surface area contributed by atoms with E-state index >= 15 is 0 Å². The molecule has 6 N–H and O–H groups in total. The van der Waals surface area contributed by atoms with Crippen molar-refractivity contribution < 1.29 is 62.5 Å². The smallest absolute Gasteiger partial charge is 0.317 e. The van der Waals surface area contributed by atoms with Crippen LogP contribution in [-0.2, 0) is 40.6 Å². The van der Waals surface area contributed by atoms with E-state index < -0.39 is 77.4 Å². The van der Waals surface area contributed by atoms with E-state index in [2.05, 4.69) is 0 Å². The van der Waals surface area contributed by atoms with Gasteiger partial charge in [-0.2, -0.15) is 8.42 Å². The van der Waals surface area contributed by atoms with Gasteiger partial charge in [-0.15, -0.1) is 0 Å². The lowest BCUT2D eigenvalue weighted by Gasteiger charge is -2.25. The number of nitrogens with zero attached hydrogens (tertiary/aromatic N) is 2. The number of carboxylic acid groups (broad SMARTS) is 4. The molecule has 0 bridgehead atoms. The molecule has 0 unspecified atom stereocenters.